The van der Waals surface area contributed by atoms with E-state index in [1.807, 2.05) is 0 Å². The predicted molar refractivity (Wildman–Crippen MR) is 72.9 cm³/mol. The summed E-state index contributed by atoms with van der Waals surface area (Å²) in [5.41, 5.74) is 1.14. The molecule has 0 heterocycles. The lowest BCUT2D eigenvalue weighted by atomic mass is 10.0. The van der Waals surface area contributed by atoms with Gasteiger partial charge in [-0.25, -0.2) is 4.79 Å². The number of benzene rings is 1. The number of anilines is 1. The van der Waals surface area contributed by atoms with Crippen LogP contribution in [-0.4, -0.2) is 28.8 Å². The summed E-state index contributed by atoms with van der Waals surface area (Å²) in [6.07, 6.45) is 3.21. The van der Waals surface area contributed by atoms with Gasteiger partial charge in [-0.15, -0.1) is 0 Å². The summed E-state index contributed by atoms with van der Waals surface area (Å²) in [5, 5.41) is 21.6. The summed E-state index contributed by atoms with van der Waals surface area (Å²) in [7, 11) is 0. The van der Waals surface area contributed by atoms with Crippen molar-refractivity contribution in [2.24, 2.45) is 5.92 Å². The van der Waals surface area contributed by atoms with Gasteiger partial charge in [0.25, 0.3) is 0 Å². The fourth-order valence-electron chi connectivity index (χ4n) is 2.44. The van der Waals surface area contributed by atoms with E-state index in [1.54, 1.807) is 18.2 Å². The van der Waals surface area contributed by atoms with Crippen molar-refractivity contribution < 1.29 is 15.0 Å². The van der Waals surface area contributed by atoms with E-state index in [-0.39, 0.29) is 18.2 Å². The molecule has 0 aromatic heterocycles. The van der Waals surface area contributed by atoms with Gasteiger partial charge in [0.2, 0.25) is 0 Å². The maximum atomic E-state index is 10.9. The van der Waals surface area contributed by atoms with E-state index in [1.165, 1.54) is 0 Å². The van der Waals surface area contributed by atoms with Crippen LogP contribution >= 0.6 is 15.9 Å². The molecule has 3 N–H and O–H groups in total. The van der Waals surface area contributed by atoms with Crippen LogP contribution < -0.4 is 5.32 Å². The molecule has 0 radical (unpaired) electrons. The lowest BCUT2D eigenvalue weighted by Gasteiger charge is -2.20. The molecule has 0 bridgehead atoms. The summed E-state index contributed by atoms with van der Waals surface area (Å²) in [6, 6.07) is 5.40. The van der Waals surface area contributed by atoms with Crippen LogP contribution in [0.4, 0.5) is 5.69 Å². The summed E-state index contributed by atoms with van der Waals surface area (Å²) in [4.78, 5) is 10.9. The SMILES string of the molecule is O=C(O)c1ccc(NC2CCCC2CO)cc1Br. The number of aromatic carboxylic acids is 1. The summed E-state index contributed by atoms with van der Waals surface area (Å²) < 4.78 is 0.568. The molecule has 18 heavy (non-hydrogen) atoms. The average Bonchev–Trinajstić information content (AvgIpc) is 2.76. The van der Waals surface area contributed by atoms with Crippen molar-refractivity contribution in [2.45, 2.75) is 25.3 Å². The zero-order chi connectivity index (χ0) is 13.1. The van der Waals surface area contributed by atoms with Gasteiger partial charge < -0.3 is 15.5 Å². The van der Waals surface area contributed by atoms with Crippen LogP contribution in [0.3, 0.4) is 0 Å². The third kappa shape index (κ3) is 2.84. The molecule has 1 fully saturated rings. The minimum absolute atomic E-state index is 0.200. The Morgan fingerprint density at radius 2 is 2.22 bits per heavy atom. The van der Waals surface area contributed by atoms with Gasteiger partial charge in [0.05, 0.1) is 5.56 Å². The van der Waals surface area contributed by atoms with Crippen molar-refractivity contribution in [3.8, 4) is 0 Å². The second-order valence-corrected chi connectivity index (χ2v) is 5.48. The van der Waals surface area contributed by atoms with Gasteiger partial charge in [-0.2, -0.15) is 0 Å². The first-order chi connectivity index (χ1) is 8.61. The van der Waals surface area contributed by atoms with E-state index in [2.05, 4.69) is 21.2 Å². The highest BCUT2D eigenvalue weighted by molar-refractivity contribution is 9.10. The second-order valence-electron chi connectivity index (χ2n) is 4.62. The molecule has 1 saturated carbocycles. The molecule has 1 aromatic rings. The molecule has 0 aliphatic heterocycles. The van der Waals surface area contributed by atoms with E-state index in [0.717, 1.165) is 24.9 Å². The molecule has 98 valence electrons. The molecular formula is C13H16BrNO3. The lowest BCUT2D eigenvalue weighted by Crippen LogP contribution is -2.26. The van der Waals surface area contributed by atoms with Gasteiger partial charge in [0.15, 0.2) is 0 Å². The minimum Gasteiger partial charge on any atom is -0.478 e. The number of aliphatic hydroxyl groups is 1. The molecule has 0 saturated heterocycles. The normalized spacial score (nSPS) is 23.0. The monoisotopic (exact) mass is 313 g/mol. The fourth-order valence-corrected chi connectivity index (χ4v) is 2.99. The number of halogens is 1. The summed E-state index contributed by atoms with van der Waals surface area (Å²) >= 11 is 3.26. The first-order valence-electron chi connectivity index (χ1n) is 6.02. The number of nitrogens with one attached hydrogen (secondary N) is 1. The zero-order valence-electron chi connectivity index (χ0n) is 9.90. The third-order valence-electron chi connectivity index (χ3n) is 3.45. The standard InChI is InChI=1S/C13H16BrNO3/c14-11-6-9(4-5-10(11)13(17)18)15-12-3-1-2-8(12)7-16/h4-6,8,12,15-16H,1-3,7H2,(H,17,18). The number of hydrogen-bond acceptors (Lipinski definition) is 3. The number of aliphatic hydroxyl groups excluding tert-OH is 1. The molecule has 0 spiro atoms. The molecule has 1 aliphatic rings. The Kier molecular flexibility index (Phi) is 4.24. The van der Waals surface area contributed by atoms with Crippen molar-refractivity contribution in [2.75, 3.05) is 11.9 Å². The van der Waals surface area contributed by atoms with E-state index < -0.39 is 5.97 Å². The largest absolute Gasteiger partial charge is 0.478 e. The zero-order valence-corrected chi connectivity index (χ0v) is 11.5. The van der Waals surface area contributed by atoms with E-state index in [9.17, 15) is 9.90 Å². The molecule has 1 aromatic carbocycles. The average molecular weight is 314 g/mol. The lowest BCUT2D eigenvalue weighted by molar-refractivity contribution is 0.0696. The Morgan fingerprint density at radius 3 is 2.83 bits per heavy atom. The van der Waals surface area contributed by atoms with E-state index in [0.29, 0.717) is 10.4 Å². The Morgan fingerprint density at radius 1 is 1.44 bits per heavy atom. The highest BCUT2D eigenvalue weighted by Gasteiger charge is 2.26. The Balaban J connectivity index is 2.10. The van der Waals surface area contributed by atoms with Gasteiger partial charge in [-0.3, -0.25) is 0 Å². The van der Waals surface area contributed by atoms with Crippen LogP contribution in [0.1, 0.15) is 29.6 Å². The van der Waals surface area contributed by atoms with Gasteiger partial charge in [-0.05, 0) is 47.0 Å². The number of carbonyl (C=O) groups is 1. The predicted octanol–water partition coefficient (Wildman–Crippen LogP) is 2.72. The minimum atomic E-state index is -0.942. The van der Waals surface area contributed by atoms with Gasteiger partial charge >= 0.3 is 5.97 Å². The third-order valence-corrected chi connectivity index (χ3v) is 4.10. The smallest absolute Gasteiger partial charge is 0.336 e. The first kappa shape index (κ1) is 13.4. The molecule has 1 aliphatic carbocycles. The van der Waals surface area contributed by atoms with Crippen LogP contribution in [0.5, 0.6) is 0 Å². The van der Waals surface area contributed by atoms with E-state index >= 15 is 0 Å². The molecule has 2 atom stereocenters. The first-order valence-corrected chi connectivity index (χ1v) is 6.81. The molecule has 2 unspecified atom stereocenters. The highest BCUT2D eigenvalue weighted by Crippen LogP contribution is 2.29. The Bertz CT molecular complexity index is 450. The van der Waals surface area contributed by atoms with Crippen molar-refractivity contribution in [3.05, 3.63) is 28.2 Å². The molecule has 2 rings (SSSR count). The van der Waals surface area contributed by atoms with Gasteiger partial charge in [0.1, 0.15) is 0 Å². The molecule has 4 nitrogen and oxygen atoms in total. The molecular weight excluding hydrogens is 298 g/mol. The Labute approximate surface area is 114 Å². The van der Waals surface area contributed by atoms with Gasteiger partial charge in [-0.1, -0.05) is 6.42 Å². The van der Waals surface area contributed by atoms with Crippen molar-refractivity contribution in [1.82, 2.24) is 0 Å². The van der Waals surface area contributed by atoms with Crippen LogP contribution in [0, 0.1) is 5.92 Å². The van der Waals surface area contributed by atoms with Crippen LogP contribution in [0.2, 0.25) is 0 Å². The van der Waals surface area contributed by atoms with Crippen molar-refractivity contribution in [3.63, 3.8) is 0 Å². The Hall–Kier alpha value is -1.07. The van der Waals surface area contributed by atoms with Gasteiger partial charge in [0, 0.05) is 28.7 Å². The quantitative estimate of drug-likeness (QED) is 0.799. The van der Waals surface area contributed by atoms with Crippen LogP contribution in [0.25, 0.3) is 0 Å². The summed E-state index contributed by atoms with van der Waals surface area (Å²) in [5.74, 6) is -0.648. The van der Waals surface area contributed by atoms with E-state index in [4.69, 9.17) is 5.11 Å². The fraction of sp³-hybridized carbons (Fsp3) is 0.462. The highest BCUT2D eigenvalue weighted by atomic mass is 79.9. The topological polar surface area (TPSA) is 69.6 Å². The summed E-state index contributed by atoms with van der Waals surface area (Å²) in [6.45, 7) is 0.200. The maximum Gasteiger partial charge on any atom is 0.336 e. The maximum absolute atomic E-state index is 10.9. The molecule has 0 amide bonds. The van der Waals surface area contributed by atoms with Crippen molar-refractivity contribution in [1.29, 1.82) is 0 Å². The molecule has 5 heteroatoms. The number of carboxylic acids is 1. The second kappa shape index (κ2) is 5.71. The van der Waals surface area contributed by atoms with Crippen molar-refractivity contribution >= 4 is 27.6 Å². The van der Waals surface area contributed by atoms with Crippen LogP contribution in [-0.2, 0) is 0 Å². The number of hydrogen-bond donors (Lipinski definition) is 3. The number of rotatable bonds is 4. The number of carboxylic acid groups (broad SMARTS) is 1. The van der Waals surface area contributed by atoms with Crippen LogP contribution in [0.15, 0.2) is 22.7 Å².